The Hall–Kier alpha value is -0.610. The van der Waals surface area contributed by atoms with E-state index in [4.69, 9.17) is 10.5 Å². The highest BCUT2D eigenvalue weighted by molar-refractivity contribution is 5.75. The van der Waals surface area contributed by atoms with E-state index >= 15 is 0 Å². The summed E-state index contributed by atoms with van der Waals surface area (Å²) in [6.45, 7) is 4.15. The molecule has 4 heteroatoms. The molecule has 4 nitrogen and oxygen atoms in total. The van der Waals surface area contributed by atoms with E-state index in [9.17, 15) is 4.79 Å². The predicted molar refractivity (Wildman–Crippen MR) is 68.7 cm³/mol. The second-order valence-corrected chi connectivity index (χ2v) is 4.95. The van der Waals surface area contributed by atoms with Crippen LogP contribution in [0, 0.1) is 5.92 Å². The van der Waals surface area contributed by atoms with Gasteiger partial charge in [0, 0.05) is 25.6 Å². The van der Waals surface area contributed by atoms with Gasteiger partial charge in [-0.2, -0.15) is 0 Å². The van der Waals surface area contributed by atoms with E-state index in [1.165, 1.54) is 0 Å². The minimum Gasteiger partial charge on any atom is -0.381 e. The van der Waals surface area contributed by atoms with Crippen molar-refractivity contribution in [1.29, 1.82) is 0 Å². The van der Waals surface area contributed by atoms with Gasteiger partial charge in [-0.05, 0) is 38.0 Å². The summed E-state index contributed by atoms with van der Waals surface area (Å²) in [4.78, 5) is 11.5. The standard InChI is InChI=1S/C13H26N2O2/c1-2-8-17-9-7-13(16)15-10-11-3-5-12(14)6-4-11/h11-12H,2-10,14H2,1H3,(H,15,16). The highest BCUT2D eigenvalue weighted by Crippen LogP contribution is 2.22. The fraction of sp³-hybridized carbons (Fsp3) is 0.923. The van der Waals surface area contributed by atoms with Crippen molar-refractivity contribution < 1.29 is 9.53 Å². The molecule has 1 saturated carbocycles. The molecule has 1 aliphatic rings. The van der Waals surface area contributed by atoms with Crippen LogP contribution in [0.2, 0.25) is 0 Å². The van der Waals surface area contributed by atoms with Crippen LogP contribution in [0.5, 0.6) is 0 Å². The molecule has 0 radical (unpaired) electrons. The van der Waals surface area contributed by atoms with Crippen molar-refractivity contribution in [3.05, 3.63) is 0 Å². The number of hydrogen-bond acceptors (Lipinski definition) is 3. The lowest BCUT2D eigenvalue weighted by atomic mass is 9.86. The summed E-state index contributed by atoms with van der Waals surface area (Å²) in [5, 5.41) is 2.98. The van der Waals surface area contributed by atoms with Crippen molar-refractivity contribution in [2.24, 2.45) is 11.7 Å². The normalized spacial score (nSPS) is 24.6. The molecule has 0 saturated heterocycles. The Morgan fingerprint density at radius 3 is 2.65 bits per heavy atom. The van der Waals surface area contributed by atoms with Crippen molar-refractivity contribution in [2.45, 2.75) is 51.5 Å². The van der Waals surface area contributed by atoms with E-state index in [0.29, 0.717) is 25.0 Å². The Kier molecular flexibility index (Phi) is 7.21. The van der Waals surface area contributed by atoms with Crippen molar-refractivity contribution in [3.8, 4) is 0 Å². The zero-order valence-electron chi connectivity index (χ0n) is 10.9. The number of hydrogen-bond donors (Lipinski definition) is 2. The van der Waals surface area contributed by atoms with Crippen LogP contribution in [0.15, 0.2) is 0 Å². The van der Waals surface area contributed by atoms with Crippen molar-refractivity contribution in [2.75, 3.05) is 19.8 Å². The Labute approximate surface area is 104 Å². The van der Waals surface area contributed by atoms with Gasteiger partial charge in [0.25, 0.3) is 0 Å². The molecule has 1 rings (SSSR count). The Morgan fingerprint density at radius 2 is 2.00 bits per heavy atom. The topological polar surface area (TPSA) is 64.3 Å². The smallest absolute Gasteiger partial charge is 0.222 e. The highest BCUT2D eigenvalue weighted by Gasteiger charge is 2.18. The highest BCUT2D eigenvalue weighted by atomic mass is 16.5. The Morgan fingerprint density at radius 1 is 1.29 bits per heavy atom. The van der Waals surface area contributed by atoms with Crippen LogP contribution in [-0.4, -0.2) is 31.7 Å². The third-order valence-corrected chi connectivity index (χ3v) is 3.30. The van der Waals surface area contributed by atoms with Gasteiger partial charge in [-0.3, -0.25) is 4.79 Å². The molecule has 1 fully saturated rings. The van der Waals surface area contributed by atoms with E-state index in [-0.39, 0.29) is 5.91 Å². The average molecular weight is 242 g/mol. The second kappa shape index (κ2) is 8.48. The number of nitrogens with one attached hydrogen (secondary N) is 1. The molecule has 0 aliphatic heterocycles. The molecular formula is C13H26N2O2. The fourth-order valence-corrected chi connectivity index (χ4v) is 2.15. The molecule has 0 spiro atoms. The minimum absolute atomic E-state index is 0.107. The Bertz CT molecular complexity index is 213. The lowest BCUT2D eigenvalue weighted by molar-refractivity contribution is -0.122. The van der Waals surface area contributed by atoms with E-state index in [2.05, 4.69) is 12.2 Å². The lowest BCUT2D eigenvalue weighted by Gasteiger charge is -2.26. The number of amides is 1. The quantitative estimate of drug-likeness (QED) is 0.664. The zero-order chi connectivity index (χ0) is 12.5. The van der Waals surface area contributed by atoms with Crippen LogP contribution < -0.4 is 11.1 Å². The molecular weight excluding hydrogens is 216 g/mol. The fourth-order valence-electron chi connectivity index (χ4n) is 2.15. The summed E-state index contributed by atoms with van der Waals surface area (Å²) in [5.41, 5.74) is 5.84. The SMILES string of the molecule is CCCOCCC(=O)NCC1CCC(N)CC1. The van der Waals surface area contributed by atoms with Crippen LogP contribution in [0.3, 0.4) is 0 Å². The Balaban J connectivity index is 1.99. The maximum Gasteiger partial charge on any atom is 0.222 e. The molecule has 1 aliphatic carbocycles. The molecule has 0 atom stereocenters. The third kappa shape index (κ3) is 6.64. The van der Waals surface area contributed by atoms with Gasteiger partial charge in [-0.25, -0.2) is 0 Å². The van der Waals surface area contributed by atoms with Gasteiger partial charge in [-0.1, -0.05) is 6.92 Å². The molecule has 3 N–H and O–H groups in total. The average Bonchev–Trinajstić information content (AvgIpc) is 2.34. The number of ether oxygens (including phenoxy) is 1. The first-order valence-corrected chi connectivity index (χ1v) is 6.82. The van der Waals surface area contributed by atoms with E-state index in [0.717, 1.165) is 45.3 Å². The summed E-state index contributed by atoms with van der Waals surface area (Å²) in [6.07, 6.45) is 5.97. The first-order valence-electron chi connectivity index (χ1n) is 6.82. The first kappa shape index (κ1) is 14.5. The van der Waals surface area contributed by atoms with Gasteiger partial charge in [0.2, 0.25) is 5.91 Å². The molecule has 0 unspecified atom stereocenters. The van der Waals surface area contributed by atoms with Crippen LogP contribution in [0.1, 0.15) is 45.4 Å². The van der Waals surface area contributed by atoms with Gasteiger partial charge in [0.15, 0.2) is 0 Å². The maximum absolute atomic E-state index is 11.5. The summed E-state index contributed by atoms with van der Waals surface area (Å²) >= 11 is 0. The summed E-state index contributed by atoms with van der Waals surface area (Å²) < 4.78 is 5.28. The van der Waals surface area contributed by atoms with Crippen molar-refractivity contribution in [3.63, 3.8) is 0 Å². The number of carbonyl (C=O) groups is 1. The van der Waals surface area contributed by atoms with Gasteiger partial charge < -0.3 is 15.8 Å². The second-order valence-electron chi connectivity index (χ2n) is 4.95. The van der Waals surface area contributed by atoms with Crippen LogP contribution in [0.4, 0.5) is 0 Å². The molecule has 0 aromatic heterocycles. The monoisotopic (exact) mass is 242 g/mol. The van der Waals surface area contributed by atoms with Crippen LogP contribution in [0.25, 0.3) is 0 Å². The summed E-state index contributed by atoms with van der Waals surface area (Å²) in [6, 6.07) is 0.379. The third-order valence-electron chi connectivity index (χ3n) is 3.30. The molecule has 100 valence electrons. The summed E-state index contributed by atoms with van der Waals surface area (Å²) in [7, 11) is 0. The van der Waals surface area contributed by atoms with Gasteiger partial charge in [0.05, 0.1) is 6.61 Å². The van der Waals surface area contributed by atoms with E-state index < -0.39 is 0 Å². The lowest BCUT2D eigenvalue weighted by Crippen LogP contribution is -2.34. The summed E-state index contributed by atoms with van der Waals surface area (Å²) in [5.74, 6) is 0.728. The van der Waals surface area contributed by atoms with Crippen LogP contribution in [-0.2, 0) is 9.53 Å². The van der Waals surface area contributed by atoms with E-state index in [1.807, 2.05) is 0 Å². The van der Waals surface area contributed by atoms with Crippen LogP contribution >= 0.6 is 0 Å². The molecule has 0 heterocycles. The zero-order valence-corrected chi connectivity index (χ0v) is 10.9. The van der Waals surface area contributed by atoms with E-state index in [1.54, 1.807) is 0 Å². The number of rotatable bonds is 7. The first-order chi connectivity index (χ1) is 8.22. The minimum atomic E-state index is 0.107. The van der Waals surface area contributed by atoms with Gasteiger partial charge >= 0.3 is 0 Å². The van der Waals surface area contributed by atoms with Gasteiger partial charge in [-0.15, -0.1) is 0 Å². The van der Waals surface area contributed by atoms with Crippen molar-refractivity contribution in [1.82, 2.24) is 5.32 Å². The molecule has 1 amide bonds. The molecule has 17 heavy (non-hydrogen) atoms. The number of nitrogens with two attached hydrogens (primary N) is 1. The molecule has 0 aromatic rings. The largest absolute Gasteiger partial charge is 0.381 e. The predicted octanol–water partition coefficient (Wildman–Crippen LogP) is 1.44. The number of carbonyl (C=O) groups excluding carboxylic acids is 1. The molecule has 0 aromatic carbocycles. The van der Waals surface area contributed by atoms with Crippen molar-refractivity contribution >= 4 is 5.91 Å². The maximum atomic E-state index is 11.5. The molecule has 0 bridgehead atoms. The van der Waals surface area contributed by atoms with Gasteiger partial charge in [0.1, 0.15) is 0 Å².